The lowest BCUT2D eigenvalue weighted by Gasteiger charge is -2.25. The molecule has 0 aliphatic carbocycles. The van der Waals surface area contributed by atoms with E-state index in [-0.39, 0.29) is 12.1 Å². The molecule has 26 heavy (non-hydrogen) atoms. The second kappa shape index (κ2) is 6.81. The van der Waals surface area contributed by atoms with Crippen LogP contribution in [0.25, 0.3) is 0 Å². The molecule has 2 heteroatoms. The van der Waals surface area contributed by atoms with Crippen molar-refractivity contribution in [3.05, 3.63) is 113 Å². The van der Waals surface area contributed by atoms with E-state index in [1.807, 2.05) is 23.3 Å². The lowest BCUT2D eigenvalue weighted by Crippen LogP contribution is -2.21. The number of hydrogen-bond donors (Lipinski definition) is 0. The monoisotopic (exact) mass is 341 g/mol. The molecule has 1 aliphatic rings. The molecule has 1 heterocycles. The van der Waals surface area contributed by atoms with E-state index in [1.54, 1.807) is 0 Å². The Bertz CT molecular complexity index is 897. The number of anilines is 1. The van der Waals surface area contributed by atoms with Crippen LogP contribution in [-0.2, 0) is 4.84 Å². The lowest BCUT2D eigenvalue weighted by molar-refractivity contribution is 0.0928. The van der Waals surface area contributed by atoms with Crippen molar-refractivity contribution in [2.45, 2.75) is 26.0 Å². The first-order chi connectivity index (χ1) is 12.6. The van der Waals surface area contributed by atoms with Crippen molar-refractivity contribution >= 4 is 5.69 Å². The Labute approximate surface area is 155 Å². The van der Waals surface area contributed by atoms with Crippen molar-refractivity contribution in [3.63, 3.8) is 0 Å². The molecule has 0 N–H and O–H groups in total. The van der Waals surface area contributed by atoms with E-state index in [4.69, 9.17) is 4.84 Å². The van der Waals surface area contributed by atoms with Gasteiger partial charge in [0, 0.05) is 0 Å². The molecule has 0 bridgehead atoms. The zero-order chi connectivity index (χ0) is 18.1. The molecule has 0 amide bonds. The van der Waals surface area contributed by atoms with Crippen molar-refractivity contribution < 1.29 is 4.84 Å². The Kier molecular flexibility index (Phi) is 4.36. The molecule has 130 valence electrons. The molecule has 0 saturated carbocycles. The van der Waals surface area contributed by atoms with E-state index in [1.165, 1.54) is 16.7 Å². The molecule has 0 radical (unpaired) electrons. The molecule has 0 spiro atoms. The van der Waals surface area contributed by atoms with Crippen LogP contribution in [0.2, 0.25) is 0 Å². The standard InChI is InChI=1S/C24H23NO/c1-17-9-13-20(14-10-17)23-19(3)24(21-15-11-18(2)12-16-21)26-25(23)22-7-5-4-6-8-22/h4-16,23-24H,3H2,1-2H3. The molecule has 2 unspecified atom stereocenters. The summed E-state index contributed by atoms with van der Waals surface area (Å²) >= 11 is 0. The van der Waals surface area contributed by atoms with Crippen LogP contribution in [0.3, 0.4) is 0 Å². The van der Waals surface area contributed by atoms with E-state index in [9.17, 15) is 0 Å². The van der Waals surface area contributed by atoms with Gasteiger partial charge in [-0.05, 0) is 42.7 Å². The van der Waals surface area contributed by atoms with Gasteiger partial charge >= 0.3 is 0 Å². The summed E-state index contributed by atoms with van der Waals surface area (Å²) in [7, 11) is 0. The molecule has 2 atom stereocenters. The lowest BCUT2D eigenvalue weighted by atomic mass is 9.92. The number of rotatable bonds is 3. The third-order valence-corrected chi connectivity index (χ3v) is 4.93. The highest BCUT2D eigenvalue weighted by Gasteiger charge is 2.39. The maximum Gasteiger partial charge on any atom is 0.134 e. The number of hydrogen-bond acceptors (Lipinski definition) is 2. The molecule has 3 aromatic carbocycles. The van der Waals surface area contributed by atoms with E-state index in [0.29, 0.717) is 0 Å². The van der Waals surface area contributed by atoms with Crippen molar-refractivity contribution in [2.24, 2.45) is 0 Å². The summed E-state index contributed by atoms with van der Waals surface area (Å²) in [4.78, 5) is 6.42. The van der Waals surface area contributed by atoms with Crippen LogP contribution >= 0.6 is 0 Å². The van der Waals surface area contributed by atoms with E-state index in [2.05, 4.69) is 81.1 Å². The summed E-state index contributed by atoms with van der Waals surface area (Å²) in [5.41, 5.74) is 6.91. The number of aryl methyl sites for hydroxylation is 2. The van der Waals surface area contributed by atoms with Gasteiger partial charge < -0.3 is 0 Å². The van der Waals surface area contributed by atoms with Gasteiger partial charge in [0.25, 0.3) is 0 Å². The number of benzene rings is 3. The predicted molar refractivity (Wildman–Crippen MR) is 107 cm³/mol. The van der Waals surface area contributed by atoms with Gasteiger partial charge in [-0.2, -0.15) is 0 Å². The fourth-order valence-corrected chi connectivity index (χ4v) is 3.44. The maximum absolute atomic E-state index is 6.42. The minimum Gasteiger partial charge on any atom is -0.260 e. The molecule has 3 aromatic rings. The third-order valence-electron chi connectivity index (χ3n) is 4.93. The van der Waals surface area contributed by atoms with Gasteiger partial charge in [0.1, 0.15) is 12.1 Å². The Hall–Kier alpha value is -2.84. The second-order valence-corrected chi connectivity index (χ2v) is 6.95. The zero-order valence-electron chi connectivity index (χ0n) is 15.2. The van der Waals surface area contributed by atoms with Gasteiger partial charge in [0.05, 0.1) is 5.69 Å². The first kappa shape index (κ1) is 16.6. The van der Waals surface area contributed by atoms with Crippen LogP contribution in [0.5, 0.6) is 0 Å². The smallest absolute Gasteiger partial charge is 0.134 e. The molecule has 4 rings (SSSR count). The Morgan fingerprint density at radius 1 is 0.731 bits per heavy atom. The highest BCUT2D eigenvalue weighted by Crippen LogP contribution is 2.47. The minimum absolute atomic E-state index is 0.00990. The van der Waals surface area contributed by atoms with E-state index in [0.717, 1.165) is 16.8 Å². The van der Waals surface area contributed by atoms with Crippen molar-refractivity contribution in [1.29, 1.82) is 0 Å². The fourth-order valence-electron chi connectivity index (χ4n) is 3.44. The summed E-state index contributed by atoms with van der Waals surface area (Å²) in [6.45, 7) is 8.63. The molecular weight excluding hydrogens is 318 g/mol. The molecule has 2 nitrogen and oxygen atoms in total. The van der Waals surface area contributed by atoms with E-state index >= 15 is 0 Å². The van der Waals surface area contributed by atoms with Crippen molar-refractivity contribution in [2.75, 3.05) is 5.06 Å². The van der Waals surface area contributed by atoms with Crippen LogP contribution in [0.4, 0.5) is 5.69 Å². The Morgan fingerprint density at radius 2 is 1.27 bits per heavy atom. The predicted octanol–water partition coefficient (Wildman–Crippen LogP) is 6.09. The first-order valence-electron chi connectivity index (χ1n) is 8.96. The zero-order valence-corrected chi connectivity index (χ0v) is 15.2. The Balaban J connectivity index is 1.76. The number of hydroxylamine groups is 1. The Morgan fingerprint density at radius 3 is 1.85 bits per heavy atom. The molecular formula is C24H23NO. The van der Waals surface area contributed by atoms with Gasteiger partial charge in [-0.3, -0.25) is 4.84 Å². The van der Waals surface area contributed by atoms with E-state index < -0.39 is 0 Å². The number of nitrogens with zero attached hydrogens (tertiary/aromatic N) is 1. The maximum atomic E-state index is 6.42. The van der Waals surface area contributed by atoms with Gasteiger partial charge in [0.15, 0.2) is 0 Å². The van der Waals surface area contributed by atoms with Gasteiger partial charge in [-0.1, -0.05) is 84.4 Å². The third kappa shape index (κ3) is 3.04. The quantitative estimate of drug-likeness (QED) is 0.534. The SMILES string of the molecule is C=C1C(c2ccc(C)cc2)ON(c2ccccc2)C1c1ccc(C)cc1. The largest absolute Gasteiger partial charge is 0.260 e. The van der Waals surface area contributed by atoms with Crippen LogP contribution in [0.15, 0.2) is 91.0 Å². The molecule has 0 aromatic heterocycles. The summed E-state index contributed by atoms with van der Waals surface area (Å²) in [6, 6.07) is 27.4. The van der Waals surface area contributed by atoms with Gasteiger partial charge in [0.2, 0.25) is 0 Å². The number of para-hydroxylation sites is 1. The van der Waals surface area contributed by atoms with Crippen LogP contribution in [-0.4, -0.2) is 0 Å². The van der Waals surface area contributed by atoms with Crippen LogP contribution < -0.4 is 5.06 Å². The fraction of sp³-hybridized carbons (Fsp3) is 0.167. The summed E-state index contributed by atoms with van der Waals surface area (Å²) in [5, 5.41) is 2.00. The van der Waals surface area contributed by atoms with Gasteiger partial charge in [-0.25, -0.2) is 5.06 Å². The summed E-state index contributed by atoms with van der Waals surface area (Å²) in [6.07, 6.45) is -0.151. The topological polar surface area (TPSA) is 12.5 Å². The summed E-state index contributed by atoms with van der Waals surface area (Å²) in [5.74, 6) is 0. The average Bonchev–Trinajstić information content (AvgIpc) is 3.01. The van der Waals surface area contributed by atoms with Crippen molar-refractivity contribution in [1.82, 2.24) is 0 Å². The first-order valence-corrected chi connectivity index (χ1v) is 8.96. The minimum atomic E-state index is -0.151. The molecule has 1 aliphatic heterocycles. The van der Waals surface area contributed by atoms with Crippen LogP contribution in [0, 0.1) is 13.8 Å². The van der Waals surface area contributed by atoms with Crippen molar-refractivity contribution in [3.8, 4) is 0 Å². The second-order valence-electron chi connectivity index (χ2n) is 6.95. The van der Waals surface area contributed by atoms with Crippen LogP contribution in [0.1, 0.15) is 34.4 Å². The molecule has 1 saturated heterocycles. The average molecular weight is 341 g/mol. The highest BCUT2D eigenvalue weighted by molar-refractivity contribution is 5.53. The normalized spacial score (nSPS) is 19.8. The molecule has 1 fully saturated rings. The summed E-state index contributed by atoms with van der Waals surface area (Å²) < 4.78 is 0. The highest BCUT2D eigenvalue weighted by atomic mass is 16.7. The van der Waals surface area contributed by atoms with Gasteiger partial charge in [-0.15, -0.1) is 0 Å².